The Morgan fingerprint density at radius 2 is 1.92 bits per heavy atom. The third-order valence-corrected chi connectivity index (χ3v) is 4.20. The van der Waals surface area contributed by atoms with E-state index in [1.54, 1.807) is 35.6 Å². The summed E-state index contributed by atoms with van der Waals surface area (Å²) in [6.45, 7) is 1.57. The number of benzene rings is 1. The standard InChI is InChI=1S/C18H20N4O4/c23-17(24)14-3-1-13(2-4-14)11-21-18(25)22-9-5-15(6-10-22)26-16-12-19-7-8-20-16/h1-4,7-8,12,15H,5-6,9-11H2,(H,21,25)(H,23,24). The van der Waals surface area contributed by atoms with E-state index in [4.69, 9.17) is 9.84 Å². The van der Waals surface area contributed by atoms with Crippen molar-refractivity contribution in [3.8, 4) is 5.88 Å². The Bertz CT molecular complexity index is 744. The van der Waals surface area contributed by atoms with E-state index in [0.29, 0.717) is 25.5 Å². The lowest BCUT2D eigenvalue weighted by Gasteiger charge is -2.31. The number of aromatic carboxylic acids is 1. The number of carboxylic acids is 1. The van der Waals surface area contributed by atoms with Crippen molar-refractivity contribution in [1.29, 1.82) is 0 Å². The van der Waals surface area contributed by atoms with Crippen LogP contribution in [0.25, 0.3) is 0 Å². The van der Waals surface area contributed by atoms with E-state index in [2.05, 4.69) is 15.3 Å². The normalized spacial score (nSPS) is 14.7. The van der Waals surface area contributed by atoms with Crippen LogP contribution in [0.1, 0.15) is 28.8 Å². The molecule has 0 bridgehead atoms. The molecular weight excluding hydrogens is 336 g/mol. The molecule has 1 aromatic carbocycles. The molecule has 1 aliphatic heterocycles. The van der Waals surface area contributed by atoms with Gasteiger partial charge in [-0.15, -0.1) is 0 Å². The van der Waals surface area contributed by atoms with Crippen molar-refractivity contribution in [3.05, 3.63) is 54.0 Å². The molecule has 0 radical (unpaired) electrons. The predicted octanol–water partition coefficient (Wildman–Crippen LogP) is 1.93. The van der Waals surface area contributed by atoms with Crippen molar-refractivity contribution in [2.75, 3.05) is 13.1 Å². The molecule has 1 aliphatic rings. The van der Waals surface area contributed by atoms with E-state index in [9.17, 15) is 9.59 Å². The highest BCUT2D eigenvalue weighted by Gasteiger charge is 2.24. The van der Waals surface area contributed by atoms with Crippen LogP contribution in [0.15, 0.2) is 42.9 Å². The molecule has 1 fully saturated rings. The molecular formula is C18H20N4O4. The Kier molecular flexibility index (Phi) is 5.62. The zero-order valence-electron chi connectivity index (χ0n) is 14.2. The predicted molar refractivity (Wildman–Crippen MR) is 92.9 cm³/mol. The van der Waals surface area contributed by atoms with Gasteiger partial charge in [-0.2, -0.15) is 0 Å². The highest BCUT2D eigenvalue weighted by Crippen LogP contribution is 2.16. The number of hydrogen-bond acceptors (Lipinski definition) is 5. The van der Waals surface area contributed by atoms with E-state index in [1.807, 2.05) is 0 Å². The summed E-state index contributed by atoms with van der Waals surface area (Å²) in [6, 6.07) is 6.32. The highest BCUT2D eigenvalue weighted by molar-refractivity contribution is 5.87. The summed E-state index contributed by atoms with van der Waals surface area (Å²) >= 11 is 0. The summed E-state index contributed by atoms with van der Waals surface area (Å²) in [7, 11) is 0. The molecule has 2 amide bonds. The van der Waals surface area contributed by atoms with Crippen LogP contribution in [-0.4, -0.2) is 51.2 Å². The van der Waals surface area contributed by atoms with Crippen molar-refractivity contribution in [3.63, 3.8) is 0 Å². The number of urea groups is 1. The monoisotopic (exact) mass is 356 g/mol. The number of carboxylic acid groups (broad SMARTS) is 1. The first-order chi connectivity index (χ1) is 12.6. The van der Waals surface area contributed by atoms with E-state index in [0.717, 1.165) is 18.4 Å². The molecule has 2 N–H and O–H groups in total. The number of amides is 2. The minimum Gasteiger partial charge on any atom is -0.478 e. The minimum absolute atomic E-state index is 0.0271. The molecule has 26 heavy (non-hydrogen) atoms. The quantitative estimate of drug-likeness (QED) is 0.848. The number of rotatable bonds is 5. The average molecular weight is 356 g/mol. The van der Waals surface area contributed by atoms with Crippen LogP contribution in [0.3, 0.4) is 0 Å². The van der Waals surface area contributed by atoms with E-state index < -0.39 is 5.97 Å². The van der Waals surface area contributed by atoms with Gasteiger partial charge in [0.25, 0.3) is 0 Å². The molecule has 1 aromatic heterocycles. The molecule has 0 unspecified atom stereocenters. The zero-order chi connectivity index (χ0) is 18.4. The van der Waals surface area contributed by atoms with Crippen molar-refractivity contribution >= 4 is 12.0 Å². The zero-order valence-corrected chi connectivity index (χ0v) is 14.2. The summed E-state index contributed by atoms with van der Waals surface area (Å²) in [4.78, 5) is 32.9. The topological polar surface area (TPSA) is 105 Å². The number of nitrogens with one attached hydrogen (secondary N) is 1. The van der Waals surface area contributed by atoms with Crippen molar-refractivity contribution in [1.82, 2.24) is 20.2 Å². The summed E-state index contributed by atoms with van der Waals surface area (Å²) < 4.78 is 5.76. The minimum atomic E-state index is -0.966. The Labute approximate surface area is 150 Å². The van der Waals surface area contributed by atoms with Gasteiger partial charge in [0.15, 0.2) is 0 Å². The molecule has 0 saturated carbocycles. The summed E-state index contributed by atoms with van der Waals surface area (Å²) in [5.41, 5.74) is 1.08. The maximum absolute atomic E-state index is 12.3. The number of carbonyl (C=O) groups is 2. The van der Waals surface area contributed by atoms with E-state index >= 15 is 0 Å². The number of piperidine rings is 1. The Morgan fingerprint density at radius 3 is 2.54 bits per heavy atom. The molecule has 8 heteroatoms. The Balaban J connectivity index is 1.42. The van der Waals surface area contributed by atoms with Crippen LogP contribution in [0.5, 0.6) is 5.88 Å². The third kappa shape index (κ3) is 4.69. The molecule has 136 valence electrons. The van der Waals surface area contributed by atoms with Crippen molar-refractivity contribution < 1.29 is 19.4 Å². The van der Waals surface area contributed by atoms with Gasteiger partial charge in [0.1, 0.15) is 6.10 Å². The second-order valence-electron chi connectivity index (χ2n) is 6.01. The van der Waals surface area contributed by atoms with Crippen LogP contribution in [0.2, 0.25) is 0 Å². The van der Waals surface area contributed by atoms with E-state index in [1.165, 1.54) is 12.1 Å². The van der Waals surface area contributed by atoms with Gasteiger partial charge in [-0.05, 0) is 17.7 Å². The van der Waals surface area contributed by atoms with Crippen LogP contribution >= 0.6 is 0 Å². The number of likely N-dealkylation sites (tertiary alicyclic amines) is 1. The second-order valence-corrected chi connectivity index (χ2v) is 6.01. The van der Waals surface area contributed by atoms with Gasteiger partial charge >= 0.3 is 12.0 Å². The Hall–Kier alpha value is -3.16. The van der Waals surface area contributed by atoms with Gasteiger partial charge < -0.3 is 20.1 Å². The molecule has 2 heterocycles. The number of nitrogens with zero attached hydrogens (tertiary/aromatic N) is 3. The van der Waals surface area contributed by atoms with Crippen LogP contribution in [0.4, 0.5) is 4.79 Å². The molecule has 0 aliphatic carbocycles. The maximum Gasteiger partial charge on any atom is 0.335 e. The summed E-state index contributed by atoms with van der Waals surface area (Å²) in [5, 5.41) is 11.7. The average Bonchev–Trinajstić information content (AvgIpc) is 2.68. The molecule has 2 aromatic rings. The van der Waals surface area contributed by atoms with Gasteiger partial charge in [0, 0.05) is 44.9 Å². The van der Waals surface area contributed by atoms with E-state index in [-0.39, 0.29) is 17.7 Å². The van der Waals surface area contributed by atoms with Crippen LogP contribution in [0, 0.1) is 0 Å². The van der Waals surface area contributed by atoms with Gasteiger partial charge in [-0.1, -0.05) is 12.1 Å². The van der Waals surface area contributed by atoms with Crippen molar-refractivity contribution in [2.45, 2.75) is 25.5 Å². The molecule has 1 saturated heterocycles. The number of ether oxygens (including phenoxy) is 1. The third-order valence-electron chi connectivity index (χ3n) is 4.20. The van der Waals surface area contributed by atoms with Crippen LogP contribution < -0.4 is 10.1 Å². The fourth-order valence-electron chi connectivity index (χ4n) is 2.75. The smallest absolute Gasteiger partial charge is 0.335 e. The van der Waals surface area contributed by atoms with Gasteiger partial charge in [-0.25, -0.2) is 14.6 Å². The summed E-state index contributed by atoms with van der Waals surface area (Å²) in [5.74, 6) is -0.465. The lowest BCUT2D eigenvalue weighted by atomic mass is 10.1. The van der Waals surface area contributed by atoms with Crippen LogP contribution in [-0.2, 0) is 6.54 Å². The SMILES string of the molecule is O=C(O)c1ccc(CNC(=O)N2CCC(Oc3cnccn3)CC2)cc1. The summed E-state index contributed by atoms with van der Waals surface area (Å²) in [6.07, 6.45) is 6.25. The Morgan fingerprint density at radius 1 is 1.19 bits per heavy atom. The van der Waals surface area contributed by atoms with Gasteiger partial charge in [-0.3, -0.25) is 4.98 Å². The molecule has 0 spiro atoms. The fraction of sp³-hybridized carbons (Fsp3) is 0.333. The van der Waals surface area contributed by atoms with Gasteiger partial charge in [0.2, 0.25) is 5.88 Å². The van der Waals surface area contributed by atoms with Gasteiger partial charge in [0.05, 0.1) is 11.8 Å². The first kappa shape index (κ1) is 17.7. The number of hydrogen-bond donors (Lipinski definition) is 2. The first-order valence-electron chi connectivity index (χ1n) is 8.39. The molecule has 8 nitrogen and oxygen atoms in total. The van der Waals surface area contributed by atoms with Crippen molar-refractivity contribution in [2.24, 2.45) is 0 Å². The largest absolute Gasteiger partial charge is 0.478 e. The highest BCUT2D eigenvalue weighted by atomic mass is 16.5. The lowest BCUT2D eigenvalue weighted by molar-refractivity contribution is 0.0696. The lowest BCUT2D eigenvalue weighted by Crippen LogP contribution is -2.46. The first-order valence-corrected chi connectivity index (χ1v) is 8.39. The fourth-order valence-corrected chi connectivity index (χ4v) is 2.75. The number of aromatic nitrogens is 2. The second kappa shape index (κ2) is 8.28. The molecule has 0 atom stereocenters. The number of carbonyl (C=O) groups excluding carboxylic acids is 1. The maximum atomic E-state index is 12.3. The molecule has 3 rings (SSSR count).